The van der Waals surface area contributed by atoms with Crippen molar-refractivity contribution >= 4 is 15.9 Å². The van der Waals surface area contributed by atoms with E-state index in [4.69, 9.17) is 11.5 Å². The van der Waals surface area contributed by atoms with E-state index in [1.807, 2.05) is 19.1 Å². The zero-order valence-electron chi connectivity index (χ0n) is 7.57. The topological polar surface area (TPSA) is 64.9 Å². The Balaban J connectivity index is 2.77. The molecule has 0 saturated heterocycles. The summed E-state index contributed by atoms with van der Waals surface area (Å²) in [7, 11) is 0. The second-order valence-electron chi connectivity index (χ2n) is 3.01. The van der Waals surface area contributed by atoms with Crippen molar-refractivity contribution in [2.45, 2.75) is 25.4 Å². The fraction of sp³-hybridized carbons (Fsp3) is 0.444. The zero-order chi connectivity index (χ0) is 9.84. The van der Waals surface area contributed by atoms with Crippen molar-refractivity contribution in [2.24, 2.45) is 11.5 Å². The van der Waals surface area contributed by atoms with E-state index in [0.29, 0.717) is 0 Å². The maximum atomic E-state index is 5.92. The molecule has 0 fully saturated rings. The first-order chi connectivity index (χ1) is 6.15. The number of pyridine rings is 1. The average Bonchev–Trinajstić information content (AvgIpc) is 2.17. The van der Waals surface area contributed by atoms with Crippen LogP contribution in [0.15, 0.2) is 22.9 Å². The van der Waals surface area contributed by atoms with Crippen molar-refractivity contribution in [2.75, 3.05) is 0 Å². The first-order valence-corrected chi connectivity index (χ1v) is 5.07. The summed E-state index contributed by atoms with van der Waals surface area (Å²) < 4.78 is 0.813. The van der Waals surface area contributed by atoms with Gasteiger partial charge in [-0.25, -0.2) is 4.98 Å². The Labute approximate surface area is 86.7 Å². The Hall–Kier alpha value is -0.450. The fourth-order valence-electron chi connectivity index (χ4n) is 1.09. The molecule has 0 aromatic carbocycles. The minimum absolute atomic E-state index is 0.00276. The summed E-state index contributed by atoms with van der Waals surface area (Å²) in [4.78, 5) is 4.10. The van der Waals surface area contributed by atoms with Crippen molar-refractivity contribution in [1.82, 2.24) is 4.98 Å². The number of nitrogens with two attached hydrogens (primary N) is 2. The third-order valence-corrected chi connectivity index (χ3v) is 2.54. The molecule has 1 aromatic heterocycles. The second-order valence-corrected chi connectivity index (χ2v) is 3.82. The van der Waals surface area contributed by atoms with Gasteiger partial charge in [0, 0.05) is 18.3 Å². The minimum atomic E-state index is -0.120. The van der Waals surface area contributed by atoms with Crippen molar-refractivity contribution < 1.29 is 0 Å². The molecule has 0 spiro atoms. The van der Waals surface area contributed by atoms with Crippen LogP contribution in [0.1, 0.15) is 24.9 Å². The van der Waals surface area contributed by atoms with Gasteiger partial charge in [-0.3, -0.25) is 0 Å². The van der Waals surface area contributed by atoms with Gasteiger partial charge in [0.25, 0.3) is 0 Å². The monoisotopic (exact) mass is 243 g/mol. The Morgan fingerprint density at radius 2 is 2.15 bits per heavy atom. The van der Waals surface area contributed by atoms with Crippen molar-refractivity contribution in [3.05, 3.63) is 28.5 Å². The molecule has 0 saturated carbocycles. The highest BCUT2D eigenvalue weighted by atomic mass is 79.9. The van der Waals surface area contributed by atoms with Crippen molar-refractivity contribution in [3.63, 3.8) is 0 Å². The van der Waals surface area contributed by atoms with E-state index in [1.54, 1.807) is 6.20 Å². The predicted octanol–water partition coefficient (Wildman–Crippen LogP) is 1.58. The van der Waals surface area contributed by atoms with Gasteiger partial charge < -0.3 is 11.5 Å². The summed E-state index contributed by atoms with van der Waals surface area (Å²) >= 11 is 3.27. The largest absolute Gasteiger partial charge is 0.326 e. The Morgan fingerprint density at radius 1 is 1.46 bits per heavy atom. The quantitative estimate of drug-likeness (QED) is 0.793. The average molecular weight is 244 g/mol. The first-order valence-electron chi connectivity index (χ1n) is 4.27. The molecule has 13 heavy (non-hydrogen) atoms. The van der Waals surface area contributed by atoms with Crippen LogP contribution in [-0.2, 0) is 0 Å². The third-order valence-electron chi connectivity index (χ3n) is 2.07. The smallest absolute Gasteiger partial charge is 0.106 e. The zero-order valence-corrected chi connectivity index (χ0v) is 9.16. The van der Waals surface area contributed by atoms with Gasteiger partial charge >= 0.3 is 0 Å². The van der Waals surface area contributed by atoms with Crippen LogP contribution in [0.2, 0.25) is 0 Å². The van der Waals surface area contributed by atoms with Gasteiger partial charge in [0.1, 0.15) is 4.60 Å². The lowest BCUT2D eigenvalue weighted by Crippen LogP contribution is -2.33. The molecule has 1 aromatic rings. The van der Waals surface area contributed by atoms with Crippen LogP contribution in [0.4, 0.5) is 0 Å². The van der Waals surface area contributed by atoms with Gasteiger partial charge in [-0.1, -0.05) is 13.0 Å². The molecule has 4 N–H and O–H groups in total. The van der Waals surface area contributed by atoms with Crippen LogP contribution in [0.5, 0.6) is 0 Å². The summed E-state index contributed by atoms with van der Waals surface area (Å²) in [5, 5.41) is 0. The molecule has 3 nitrogen and oxygen atoms in total. The molecule has 0 radical (unpaired) electrons. The van der Waals surface area contributed by atoms with E-state index in [1.165, 1.54) is 0 Å². The number of halogens is 1. The number of hydrogen-bond acceptors (Lipinski definition) is 3. The second kappa shape index (κ2) is 4.69. The SMILES string of the molecule is CC[C@H](N)[C@@H](N)c1ccc(Br)nc1. The summed E-state index contributed by atoms with van der Waals surface area (Å²) in [6.45, 7) is 2.02. The van der Waals surface area contributed by atoms with Crippen LogP contribution >= 0.6 is 15.9 Å². The number of rotatable bonds is 3. The molecule has 4 heteroatoms. The number of nitrogens with zero attached hydrogens (tertiary/aromatic N) is 1. The lowest BCUT2D eigenvalue weighted by molar-refractivity contribution is 0.531. The van der Waals surface area contributed by atoms with E-state index in [0.717, 1.165) is 16.6 Å². The summed E-state index contributed by atoms with van der Waals surface area (Å²) in [5.41, 5.74) is 12.7. The van der Waals surface area contributed by atoms with Crippen LogP contribution in [-0.4, -0.2) is 11.0 Å². The molecule has 0 aliphatic rings. The Kier molecular flexibility index (Phi) is 3.84. The van der Waals surface area contributed by atoms with Crippen LogP contribution in [0.25, 0.3) is 0 Å². The van der Waals surface area contributed by atoms with Gasteiger partial charge in [0.05, 0.1) is 0 Å². The normalized spacial score (nSPS) is 15.4. The van der Waals surface area contributed by atoms with E-state index < -0.39 is 0 Å². The molecular formula is C9H14BrN3. The van der Waals surface area contributed by atoms with Crippen molar-refractivity contribution in [3.8, 4) is 0 Å². The standard InChI is InChI=1S/C9H14BrN3/c1-2-7(11)9(12)6-3-4-8(10)13-5-6/h3-5,7,9H,2,11-12H2,1H3/t7-,9-/m0/s1. The van der Waals surface area contributed by atoms with Gasteiger partial charge in [0.2, 0.25) is 0 Å². The molecule has 1 heterocycles. The molecule has 2 atom stereocenters. The Morgan fingerprint density at radius 3 is 2.62 bits per heavy atom. The molecule has 0 aliphatic heterocycles. The lowest BCUT2D eigenvalue weighted by atomic mass is 10.0. The van der Waals surface area contributed by atoms with Crippen molar-refractivity contribution in [1.29, 1.82) is 0 Å². The summed E-state index contributed by atoms with van der Waals surface area (Å²) in [6.07, 6.45) is 2.63. The van der Waals surface area contributed by atoms with Gasteiger partial charge in [-0.2, -0.15) is 0 Å². The highest BCUT2D eigenvalue weighted by Crippen LogP contribution is 2.15. The number of aromatic nitrogens is 1. The molecule has 0 unspecified atom stereocenters. The maximum absolute atomic E-state index is 5.92. The molecule has 0 aliphatic carbocycles. The molecule has 0 bridgehead atoms. The minimum Gasteiger partial charge on any atom is -0.326 e. The van der Waals surface area contributed by atoms with E-state index in [-0.39, 0.29) is 12.1 Å². The van der Waals surface area contributed by atoms with Gasteiger partial charge in [-0.05, 0) is 34.0 Å². The van der Waals surface area contributed by atoms with E-state index in [2.05, 4.69) is 20.9 Å². The van der Waals surface area contributed by atoms with E-state index >= 15 is 0 Å². The Bertz CT molecular complexity index is 260. The highest BCUT2D eigenvalue weighted by Gasteiger charge is 2.13. The van der Waals surface area contributed by atoms with Gasteiger partial charge in [-0.15, -0.1) is 0 Å². The summed E-state index contributed by atoms with van der Waals surface area (Å²) in [5.74, 6) is 0. The highest BCUT2D eigenvalue weighted by molar-refractivity contribution is 9.10. The predicted molar refractivity (Wildman–Crippen MR) is 57.1 cm³/mol. The third kappa shape index (κ3) is 2.76. The van der Waals surface area contributed by atoms with Crippen LogP contribution < -0.4 is 11.5 Å². The molecular weight excluding hydrogens is 230 g/mol. The molecule has 72 valence electrons. The van der Waals surface area contributed by atoms with Gasteiger partial charge in [0.15, 0.2) is 0 Å². The fourth-order valence-corrected chi connectivity index (χ4v) is 1.32. The maximum Gasteiger partial charge on any atom is 0.106 e. The van der Waals surface area contributed by atoms with E-state index in [9.17, 15) is 0 Å². The first kappa shape index (κ1) is 10.6. The lowest BCUT2D eigenvalue weighted by Gasteiger charge is -2.17. The molecule has 1 rings (SSSR count). The number of hydrogen-bond donors (Lipinski definition) is 2. The summed E-state index contributed by atoms with van der Waals surface area (Å²) in [6, 6.07) is 3.70. The van der Waals surface area contributed by atoms with Crippen LogP contribution in [0.3, 0.4) is 0 Å². The molecule has 0 amide bonds. The van der Waals surface area contributed by atoms with Crippen LogP contribution in [0, 0.1) is 0 Å².